The van der Waals surface area contributed by atoms with E-state index in [0.29, 0.717) is 24.6 Å². The third kappa shape index (κ3) is 4.69. The summed E-state index contributed by atoms with van der Waals surface area (Å²) in [7, 11) is 1.62. The molecule has 0 spiro atoms. The van der Waals surface area contributed by atoms with Crippen LogP contribution in [0.5, 0.6) is 5.75 Å². The van der Waals surface area contributed by atoms with E-state index in [4.69, 9.17) is 9.47 Å². The number of carbonyl (C=O) groups is 1. The maximum atomic E-state index is 12.3. The summed E-state index contributed by atoms with van der Waals surface area (Å²) in [5.41, 5.74) is 4.10. The van der Waals surface area contributed by atoms with E-state index in [1.807, 2.05) is 18.2 Å². The lowest BCUT2D eigenvalue weighted by Crippen LogP contribution is -2.32. The average Bonchev–Trinajstić information content (AvgIpc) is 2.97. The minimum Gasteiger partial charge on any atom is -0.487 e. The van der Waals surface area contributed by atoms with Crippen molar-refractivity contribution in [3.05, 3.63) is 64.7 Å². The molecule has 1 amide bonds. The fourth-order valence-electron chi connectivity index (χ4n) is 3.58. The first kappa shape index (κ1) is 19.4. The van der Waals surface area contributed by atoms with Crippen molar-refractivity contribution in [3.8, 4) is 5.75 Å². The normalized spacial score (nSPS) is 18.3. The number of hydrogen-bond acceptors (Lipinski definition) is 3. The molecule has 4 heteroatoms. The molecule has 0 radical (unpaired) electrons. The summed E-state index contributed by atoms with van der Waals surface area (Å²) in [6.07, 6.45) is 1.64. The van der Waals surface area contributed by atoms with Crippen LogP contribution in [0.25, 0.3) is 0 Å². The maximum Gasteiger partial charge on any atom is 0.251 e. The van der Waals surface area contributed by atoms with Gasteiger partial charge in [0.2, 0.25) is 0 Å². The molecule has 0 aromatic heterocycles. The zero-order valence-corrected chi connectivity index (χ0v) is 16.7. The number of nitrogens with one attached hydrogen (secondary N) is 1. The Morgan fingerprint density at radius 2 is 1.96 bits per heavy atom. The van der Waals surface area contributed by atoms with E-state index in [1.54, 1.807) is 7.11 Å². The van der Waals surface area contributed by atoms with Gasteiger partial charge in [-0.05, 0) is 47.7 Å². The SMILES string of the molecule is COCCNC(=O)c1ccc2c(c1)CC(C)(Cc1ccc(C(C)C)cc1)O2. The molecule has 0 saturated heterocycles. The quantitative estimate of drug-likeness (QED) is 0.749. The molecule has 2 aromatic rings. The first-order valence-corrected chi connectivity index (χ1v) is 9.58. The van der Waals surface area contributed by atoms with E-state index in [0.717, 1.165) is 24.2 Å². The standard InChI is InChI=1S/C23H29NO3/c1-16(2)18-7-5-17(6-8-18)14-23(3)15-20-13-19(9-10-21(20)27-23)22(25)24-11-12-26-4/h5-10,13,16H,11-12,14-15H2,1-4H3,(H,24,25). The molecule has 4 nitrogen and oxygen atoms in total. The van der Waals surface area contributed by atoms with Crippen LogP contribution in [-0.2, 0) is 17.6 Å². The van der Waals surface area contributed by atoms with Crippen LogP contribution in [0.4, 0.5) is 0 Å². The minimum atomic E-state index is -0.285. The van der Waals surface area contributed by atoms with Crippen molar-refractivity contribution < 1.29 is 14.3 Å². The summed E-state index contributed by atoms with van der Waals surface area (Å²) in [5, 5.41) is 2.86. The summed E-state index contributed by atoms with van der Waals surface area (Å²) in [6.45, 7) is 7.56. The number of fused-ring (bicyclic) bond motifs is 1. The Labute approximate surface area is 161 Å². The second-order valence-corrected chi connectivity index (χ2v) is 7.87. The van der Waals surface area contributed by atoms with Crippen molar-refractivity contribution in [2.24, 2.45) is 0 Å². The zero-order valence-electron chi connectivity index (χ0n) is 16.7. The third-order valence-corrected chi connectivity index (χ3v) is 5.06. The van der Waals surface area contributed by atoms with Gasteiger partial charge in [-0.3, -0.25) is 4.79 Å². The van der Waals surface area contributed by atoms with Crippen LogP contribution in [0.3, 0.4) is 0 Å². The highest BCUT2D eigenvalue weighted by Crippen LogP contribution is 2.37. The highest BCUT2D eigenvalue weighted by Gasteiger charge is 2.35. The summed E-state index contributed by atoms with van der Waals surface area (Å²) in [4.78, 5) is 12.3. The van der Waals surface area contributed by atoms with Crippen molar-refractivity contribution in [1.82, 2.24) is 5.32 Å². The van der Waals surface area contributed by atoms with E-state index >= 15 is 0 Å². The Morgan fingerprint density at radius 1 is 1.22 bits per heavy atom. The molecule has 1 heterocycles. The van der Waals surface area contributed by atoms with Gasteiger partial charge < -0.3 is 14.8 Å². The van der Waals surface area contributed by atoms with Gasteiger partial charge in [0.1, 0.15) is 11.4 Å². The molecule has 144 valence electrons. The van der Waals surface area contributed by atoms with Crippen LogP contribution < -0.4 is 10.1 Å². The minimum absolute atomic E-state index is 0.0762. The third-order valence-electron chi connectivity index (χ3n) is 5.06. The van der Waals surface area contributed by atoms with Gasteiger partial charge in [0, 0.05) is 32.1 Å². The molecule has 3 rings (SSSR count). The molecule has 0 fully saturated rings. The van der Waals surface area contributed by atoms with Crippen molar-refractivity contribution >= 4 is 5.91 Å². The zero-order chi connectivity index (χ0) is 19.4. The topological polar surface area (TPSA) is 47.6 Å². The van der Waals surface area contributed by atoms with Crippen LogP contribution >= 0.6 is 0 Å². The number of amides is 1. The lowest BCUT2D eigenvalue weighted by molar-refractivity contribution is 0.0937. The van der Waals surface area contributed by atoms with Crippen molar-refractivity contribution in [1.29, 1.82) is 0 Å². The second kappa shape index (κ2) is 8.13. The highest BCUT2D eigenvalue weighted by atomic mass is 16.5. The van der Waals surface area contributed by atoms with E-state index < -0.39 is 0 Å². The first-order chi connectivity index (χ1) is 12.9. The van der Waals surface area contributed by atoms with E-state index in [-0.39, 0.29) is 11.5 Å². The molecule has 1 unspecified atom stereocenters. The fourth-order valence-corrected chi connectivity index (χ4v) is 3.58. The fraction of sp³-hybridized carbons (Fsp3) is 0.435. The van der Waals surface area contributed by atoms with Crippen LogP contribution in [0.2, 0.25) is 0 Å². The summed E-state index contributed by atoms with van der Waals surface area (Å²) < 4.78 is 11.2. The smallest absolute Gasteiger partial charge is 0.251 e. The van der Waals surface area contributed by atoms with Crippen molar-refractivity contribution in [2.45, 2.75) is 45.1 Å². The summed E-state index contributed by atoms with van der Waals surface area (Å²) >= 11 is 0. The monoisotopic (exact) mass is 367 g/mol. The summed E-state index contributed by atoms with van der Waals surface area (Å²) in [5.74, 6) is 1.34. The lowest BCUT2D eigenvalue weighted by Gasteiger charge is -2.24. The van der Waals surface area contributed by atoms with Crippen LogP contribution in [0.1, 0.15) is 53.7 Å². The molecule has 0 aliphatic carbocycles. The van der Waals surface area contributed by atoms with Crippen LogP contribution in [0.15, 0.2) is 42.5 Å². The van der Waals surface area contributed by atoms with Gasteiger partial charge in [0.05, 0.1) is 6.61 Å². The van der Waals surface area contributed by atoms with Crippen LogP contribution in [0, 0.1) is 0 Å². The molecule has 0 bridgehead atoms. The van der Waals surface area contributed by atoms with Gasteiger partial charge >= 0.3 is 0 Å². The molecule has 1 N–H and O–H groups in total. The molecule has 1 aliphatic rings. The lowest BCUT2D eigenvalue weighted by atomic mass is 9.90. The molecular formula is C23H29NO3. The number of methoxy groups -OCH3 is 1. The average molecular weight is 367 g/mol. The van der Waals surface area contributed by atoms with Gasteiger partial charge in [-0.25, -0.2) is 0 Å². The number of benzene rings is 2. The van der Waals surface area contributed by atoms with Gasteiger partial charge in [-0.2, -0.15) is 0 Å². The number of rotatable bonds is 7. The van der Waals surface area contributed by atoms with Gasteiger partial charge in [-0.15, -0.1) is 0 Å². The van der Waals surface area contributed by atoms with Gasteiger partial charge in [0.15, 0.2) is 0 Å². The Bertz CT molecular complexity index is 798. The Morgan fingerprint density at radius 3 is 2.63 bits per heavy atom. The molecule has 27 heavy (non-hydrogen) atoms. The molecule has 1 atom stereocenters. The van der Waals surface area contributed by atoms with E-state index in [1.165, 1.54) is 11.1 Å². The van der Waals surface area contributed by atoms with Crippen LogP contribution in [-0.4, -0.2) is 31.8 Å². The maximum absolute atomic E-state index is 12.3. The predicted octanol–water partition coefficient (Wildman–Crippen LogP) is 4.12. The second-order valence-electron chi connectivity index (χ2n) is 7.87. The number of hydrogen-bond donors (Lipinski definition) is 1. The Kier molecular flexibility index (Phi) is 5.85. The van der Waals surface area contributed by atoms with E-state index in [9.17, 15) is 4.79 Å². The summed E-state index contributed by atoms with van der Waals surface area (Å²) in [6, 6.07) is 14.5. The first-order valence-electron chi connectivity index (χ1n) is 9.58. The molecular weight excluding hydrogens is 338 g/mol. The Hall–Kier alpha value is -2.33. The highest BCUT2D eigenvalue weighted by molar-refractivity contribution is 5.94. The van der Waals surface area contributed by atoms with Crippen molar-refractivity contribution in [3.63, 3.8) is 0 Å². The number of ether oxygens (including phenoxy) is 2. The van der Waals surface area contributed by atoms with Gasteiger partial charge in [-0.1, -0.05) is 38.1 Å². The van der Waals surface area contributed by atoms with Gasteiger partial charge in [0.25, 0.3) is 5.91 Å². The Balaban J connectivity index is 1.67. The largest absolute Gasteiger partial charge is 0.487 e. The molecule has 1 aliphatic heterocycles. The number of carbonyl (C=O) groups excluding carboxylic acids is 1. The molecule has 2 aromatic carbocycles. The van der Waals surface area contributed by atoms with E-state index in [2.05, 4.69) is 50.4 Å². The molecule has 0 saturated carbocycles. The van der Waals surface area contributed by atoms with Crippen molar-refractivity contribution in [2.75, 3.05) is 20.3 Å². The predicted molar refractivity (Wildman–Crippen MR) is 108 cm³/mol.